The highest BCUT2D eigenvalue weighted by molar-refractivity contribution is 6.38. The van der Waals surface area contributed by atoms with E-state index in [1.807, 2.05) is 41.5 Å². The third-order valence-electron chi connectivity index (χ3n) is 8.13. The molecule has 1 aliphatic heterocycles. The van der Waals surface area contributed by atoms with Crippen LogP contribution >= 0.6 is 0 Å². The molecule has 0 spiro atoms. The summed E-state index contributed by atoms with van der Waals surface area (Å²) in [4.78, 5) is 79.3. The minimum Gasteiger partial charge on any atom is -0.346 e. The topological polar surface area (TPSA) is 154 Å². The van der Waals surface area contributed by atoms with Gasteiger partial charge in [0.05, 0.1) is 6.04 Å². The molecule has 2 aliphatic rings. The Morgan fingerprint density at radius 2 is 1.57 bits per heavy atom. The Morgan fingerprint density at radius 1 is 0.952 bits per heavy atom. The van der Waals surface area contributed by atoms with Crippen LogP contribution in [0, 0.1) is 10.8 Å². The molecule has 236 valence electrons. The maximum absolute atomic E-state index is 13.9. The van der Waals surface area contributed by atoms with Gasteiger partial charge in [0.15, 0.2) is 0 Å². The zero-order valence-corrected chi connectivity index (χ0v) is 26.5. The lowest BCUT2D eigenvalue weighted by Gasteiger charge is -2.41. The molecule has 3 atom stereocenters. The number of hydrogen-bond acceptors (Lipinski definition) is 6. The lowest BCUT2D eigenvalue weighted by Crippen LogP contribution is -2.62. The zero-order valence-electron chi connectivity index (χ0n) is 26.5. The van der Waals surface area contributed by atoms with Crippen LogP contribution in [0.3, 0.4) is 0 Å². The smallest absolute Gasteiger partial charge is 0.315 e. The summed E-state index contributed by atoms with van der Waals surface area (Å²) in [6.07, 6.45) is 6.86. The van der Waals surface area contributed by atoms with Crippen LogP contribution in [0.15, 0.2) is 12.7 Å². The number of nitrogens with zero attached hydrogens (tertiary/aromatic N) is 1. The Kier molecular flexibility index (Phi) is 11.9. The second-order valence-corrected chi connectivity index (χ2v) is 13.9. The van der Waals surface area contributed by atoms with E-state index in [2.05, 4.69) is 27.8 Å². The minimum absolute atomic E-state index is 0.0740. The molecule has 42 heavy (non-hydrogen) atoms. The molecule has 2 fully saturated rings. The molecule has 1 heterocycles. The number of amides is 5. The molecular formula is C31H51N5O6. The second-order valence-electron chi connectivity index (χ2n) is 13.9. The molecule has 0 aromatic heterocycles. The molecule has 2 unspecified atom stereocenters. The van der Waals surface area contributed by atoms with E-state index in [9.17, 15) is 28.8 Å². The Labute approximate surface area is 250 Å². The first kappa shape index (κ1) is 35.0. The normalized spacial score (nSPS) is 20.1. The predicted octanol–water partition coefficient (Wildman–Crippen LogP) is 2.78. The van der Waals surface area contributed by atoms with Gasteiger partial charge in [0.1, 0.15) is 17.9 Å². The number of carbonyl (C=O) groups is 6. The van der Waals surface area contributed by atoms with E-state index in [4.69, 9.17) is 0 Å². The maximum Gasteiger partial charge on any atom is 0.315 e. The van der Waals surface area contributed by atoms with Crippen molar-refractivity contribution >= 4 is 35.3 Å². The van der Waals surface area contributed by atoms with Crippen LogP contribution in [0.4, 0.5) is 4.79 Å². The number of ketones is 2. The fraction of sp³-hybridized carbons (Fsp3) is 0.742. The third kappa shape index (κ3) is 9.39. The first-order valence-electron chi connectivity index (χ1n) is 15.1. The zero-order chi connectivity index (χ0) is 31.9. The molecule has 11 heteroatoms. The van der Waals surface area contributed by atoms with Gasteiger partial charge in [0, 0.05) is 30.5 Å². The number of Topliss-reactive ketones (excluding diaryl/α,β-unsaturated/α-hetero) is 2. The lowest BCUT2D eigenvalue weighted by molar-refractivity contribution is -0.143. The van der Waals surface area contributed by atoms with Gasteiger partial charge in [-0.2, -0.15) is 0 Å². The average molecular weight is 590 g/mol. The van der Waals surface area contributed by atoms with E-state index in [1.165, 1.54) is 17.9 Å². The Morgan fingerprint density at radius 3 is 2.12 bits per heavy atom. The van der Waals surface area contributed by atoms with Crippen LogP contribution in [-0.4, -0.2) is 77.0 Å². The Balaban J connectivity index is 2.16. The number of likely N-dealkylation sites (tertiary alicyclic amines) is 1. The van der Waals surface area contributed by atoms with Gasteiger partial charge in [0.25, 0.3) is 5.91 Å². The van der Waals surface area contributed by atoms with Gasteiger partial charge >= 0.3 is 6.03 Å². The van der Waals surface area contributed by atoms with Crippen molar-refractivity contribution in [3.63, 3.8) is 0 Å². The molecule has 11 nitrogen and oxygen atoms in total. The fourth-order valence-electron chi connectivity index (χ4n) is 5.50. The van der Waals surface area contributed by atoms with Gasteiger partial charge < -0.3 is 26.2 Å². The van der Waals surface area contributed by atoms with Crippen LogP contribution < -0.4 is 21.3 Å². The highest BCUT2D eigenvalue weighted by Crippen LogP contribution is 2.34. The highest BCUT2D eigenvalue weighted by atomic mass is 16.2. The number of carbonyl (C=O) groups excluding carboxylic acids is 6. The average Bonchev–Trinajstić information content (AvgIpc) is 3.39. The fourth-order valence-corrected chi connectivity index (χ4v) is 5.50. The minimum atomic E-state index is -1.08. The van der Waals surface area contributed by atoms with Crippen molar-refractivity contribution in [2.45, 2.75) is 123 Å². The molecule has 1 saturated heterocycles. The SMILES string of the molecule is C=CCNC(=O)C(=O)C(C)NC(=O)[C@@H]1CCCN1C(=O)C(NC(=O)NC1(CC(=O)C(C)(C)C)CCCCC1)C(C)(C)C. The van der Waals surface area contributed by atoms with E-state index < -0.39 is 64.0 Å². The summed E-state index contributed by atoms with van der Waals surface area (Å²) >= 11 is 0. The first-order valence-corrected chi connectivity index (χ1v) is 15.1. The molecule has 1 saturated carbocycles. The van der Waals surface area contributed by atoms with Gasteiger partial charge in [-0.15, -0.1) is 6.58 Å². The number of hydrogen-bond donors (Lipinski definition) is 4. The van der Waals surface area contributed by atoms with Crippen molar-refractivity contribution < 1.29 is 28.8 Å². The molecular weight excluding hydrogens is 538 g/mol. The number of rotatable bonds is 11. The van der Waals surface area contributed by atoms with Crippen molar-refractivity contribution in [3.8, 4) is 0 Å². The summed E-state index contributed by atoms with van der Waals surface area (Å²) < 4.78 is 0. The largest absolute Gasteiger partial charge is 0.346 e. The maximum atomic E-state index is 13.9. The van der Waals surface area contributed by atoms with Gasteiger partial charge in [-0.1, -0.05) is 66.9 Å². The van der Waals surface area contributed by atoms with E-state index >= 15 is 0 Å². The van der Waals surface area contributed by atoms with Gasteiger partial charge in [0.2, 0.25) is 17.6 Å². The molecule has 4 N–H and O–H groups in total. The summed E-state index contributed by atoms with van der Waals surface area (Å²) in [6.45, 7) is 16.5. The summed E-state index contributed by atoms with van der Waals surface area (Å²) in [6, 6.07) is -3.39. The van der Waals surface area contributed by atoms with Crippen molar-refractivity contribution in [1.82, 2.24) is 26.2 Å². The summed E-state index contributed by atoms with van der Waals surface area (Å²) in [5.41, 5.74) is -1.89. The Bertz CT molecular complexity index is 1050. The monoisotopic (exact) mass is 589 g/mol. The predicted molar refractivity (Wildman–Crippen MR) is 160 cm³/mol. The second kappa shape index (κ2) is 14.3. The molecule has 2 rings (SSSR count). The third-order valence-corrected chi connectivity index (χ3v) is 8.13. The molecule has 0 radical (unpaired) electrons. The van der Waals surface area contributed by atoms with Crippen LogP contribution in [0.25, 0.3) is 0 Å². The van der Waals surface area contributed by atoms with Crippen LogP contribution in [0.5, 0.6) is 0 Å². The lowest BCUT2D eigenvalue weighted by atomic mass is 9.74. The summed E-state index contributed by atoms with van der Waals surface area (Å²) in [5.74, 6) is -2.48. The standard InChI is InChI=1S/C31H51N5O6/c1-9-17-32-26(40)23(38)20(2)33-25(39)21-14-13-18-36(21)27(41)24(30(6,7)8)34-28(42)35-31(15-11-10-12-16-31)19-22(37)29(3,4)5/h9,20-21,24H,1,10-19H2,2-8H3,(H,32,40)(H,33,39)(H2,34,35,42)/t20?,21-,24?/m0/s1. The number of urea groups is 1. The molecule has 5 amide bonds. The van der Waals surface area contributed by atoms with Crippen molar-refractivity contribution in [1.29, 1.82) is 0 Å². The molecule has 1 aliphatic carbocycles. The van der Waals surface area contributed by atoms with Crippen LogP contribution in [0.1, 0.15) is 99.8 Å². The van der Waals surface area contributed by atoms with Crippen LogP contribution in [-0.2, 0) is 24.0 Å². The molecule has 0 aromatic carbocycles. The van der Waals surface area contributed by atoms with E-state index in [1.54, 1.807) is 0 Å². The van der Waals surface area contributed by atoms with Gasteiger partial charge in [-0.05, 0) is 38.0 Å². The van der Waals surface area contributed by atoms with Gasteiger partial charge in [-0.25, -0.2) is 4.79 Å². The van der Waals surface area contributed by atoms with Crippen molar-refractivity contribution in [2.24, 2.45) is 10.8 Å². The first-order chi connectivity index (χ1) is 19.4. The van der Waals surface area contributed by atoms with Crippen molar-refractivity contribution in [2.75, 3.05) is 13.1 Å². The van der Waals surface area contributed by atoms with Crippen molar-refractivity contribution in [3.05, 3.63) is 12.7 Å². The quantitative estimate of drug-likeness (QED) is 0.215. The molecule has 0 aromatic rings. The highest BCUT2D eigenvalue weighted by Gasteiger charge is 2.44. The summed E-state index contributed by atoms with van der Waals surface area (Å²) in [5, 5.41) is 10.9. The van der Waals surface area contributed by atoms with Gasteiger partial charge in [-0.3, -0.25) is 24.0 Å². The number of nitrogens with one attached hydrogen (secondary N) is 4. The summed E-state index contributed by atoms with van der Waals surface area (Å²) in [7, 11) is 0. The molecule has 0 bridgehead atoms. The van der Waals surface area contributed by atoms with E-state index in [-0.39, 0.29) is 18.7 Å². The van der Waals surface area contributed by atoms with E-state index in [0.717, 1.165) is 19.3 Å². The van der Waals surface area contributed by atoms with E-state index in [0.29, 0.717) is 32.2 Å². The van der Waals surface area contributed by atoms with Crippen LogP contribution in [0.2, 0.25) is 0 Å². The Hall–Kier alpha value is -3.24.